The molecule has 1 aliphatic heterocycles. The Morgan fingerprint density at radius 2 is 1.93 bits per heavy atom. The first-order valence-electron chi connectivity index (χ1n) is 8.79. The minimum atomic E-state index is -0.984. The third-order valence-electron chi connectivity index (χ3n) is 5.68. The van der Waals surface area contributed by atoms with Gasteiger partial charge in [-0.15, -0.1) is 34.5 Å². The highest BCUT2D eigenvalue weighted by Crippen LogP contribution is 2.65. The zero-order chi connectivity index (χ0) is 19.4. The van der Waals surface area contributed by atoms with Gasteiger partial charge >= 0.3 is 0 Å². The zero-order valence-electron chi connectivity index (χ0n) is 15.4. The SMILES string of the molecule is COc1cc2c(cc1OC)[C@@H](c1cccs1)N(C(=O)[C@]1(C)CC1(Cl)Cl)CC2. The van der Waals surface area contributed by atoms with Crippen LogP contribution in [0.4, 0.5) is 0 Å². The predicted molar refractivity (Wildman–Crippen MR) is 108 cm³/mol. The predicted octanol–water partition coefficient (Wildman–Crippen LogP) is 4.82. The molecule has 2 heterocycles. The summed E-state index contributed by atoms with van der Waals surface area (Å²) in [4.78, 5) is 16.4. The van der Waals surface area contributed by atoms with Gasteiger partial charge in [-0.1, -0.05) is 6.07 Å². The van der Waals surface area contributed by atoms with Gasteiger partial charge in [-0.05, 0) is 54.5 Å². The molecule has 2 atom stereocenters. The molecule has 2 aliphatic rings. The molecule has 0 radical (unpaired) electrons. The van der Waals surface area contributed by atoms with Crippen LogP contribution in [0.3, 0.4) is 0 Å². The Labute approximate surface area is 173 Å². The van der Waals surface area contributed by atoms with Gasteiger partial charge in [-0.2, -0.15) is 0 Å². The zero-order valence-corrected chi connectivity index (χ0v) is 17.7. The van der Waals surface area contributed by atoms with Crippen molar-refractivity contribution in [3.63, 3.8) is 0 Å². The molecule has 0 bridgehead atoms. The second-order valence-corrected chi connectivity index (χ2v) is 9.75. The Hall–Kier alpha value is -1.43. The molecule has 1 aromatic heterocycles. The number of hydrogen-bond acceptors (Lipinski definition) is 4. The Balaban J connectivity index is 1.81. The second kappa shape index (κ2) is 6.57. The quantitative estimate of drug-likeness (QED) is 0.658. The van der Waals surface area contributed by atoms with E-state index in [4.69, 9.17) is 32.7 Å². The molecule has 1 amide bonds. The highest BCUT2D eigenvalue weighted by atomic mass is 35.5. The molecule has 1 aromatic carbocycles. The van der Waals surface area contributed by atoms with Crippen LogP contribution in [0.1, 0.15) is 35.4 Å². The number of fused-ring (bicyclic) bond motifs is 1. The highest BCUT2D eigenvalue weighted by Gasteiger charge is 2.69. The highest BCUT2D eigenvalue weighted by molar-refractivity contribution is 7.10. The number of methoxy groups -OCH3 is 2. The Morgan fingerprint density at radius 3 is 2.48 bits per heavy atom. The molecule has 0 N–H and O–H groups in total. The Bertz CT molecular complexity index is 884. The first-order valence-corrected chi connectivity index (χ1v) is 10.4. The van der Waals surface area contributed by atoms with Crippen molar-refractivity contribution in [3.05, 3.63) is 45.6 Å². The number of benzene rings is 1. The van der Waals surface area contributed by atoms with Crippen molar-refractivity contribution in [1.82, 2.24) is 4.90 Å². The maximum Gasteiger partial charge on any atom is 0.232 e. The Morgan fingerprint density at radius 1 is 1.26 bits per heavy atom. The third kappa shape index (κ3) is 2.91. The summed E-state index contributed by atoms with van der Waals surface area (Å²) in [6.07, 6.45) is 1.23. The van der Waals surface area contributed by atoms with Crippen LogP contribution >= 0.6 is 34.5 Å². The van der Waals surface area contributed by atoms with E-state index in [0.717, 1.165) is 16.9 Å². The van der Waals surface area contributed by atoms with E-state index in [-0.39, 0.29) is 11.9 Å². The van der Waals surface area contributed by atoms with Crippen LogP contribution < -0.4 is 9.47 Å². The summed E-state index contributed by atoms with van der Waals surface area (Å²) in [7, 11) is 3.25. The van der Waals surface area contributed by atoms with Gasteiger partial charge in [0.25, 0.3) is 0 Å². The average Bonchev–Trinajstić information content (AvgIpc) is 3.03. The minimum absolute atomic E-state index is 0.00587. The van der Waals surface area contributed by atoms with Gasteiger partial charge in [0.2, 0.25) is 5.91 Å². The van der Waals surface area contributed by atoms with Crippen LogP contribution in [0, 0.1) is 5.41 Å². The number of ether oxygens (including phenoxy) is 2. The number of nitrogens with zero attached hydrogens (tertiary/aromatic N) is 1. The van der Waals surface area contributed by atoms with Gasteiger partial charge in [-0.3, -0.25) is 4.79 Å². The molecule has 27 heavy (non-hydrogen) atoms. The van der Waals surface area contributed by atoms with Gasteiger partial charge < -0.3 is 14.4 Å². The molecule has 0 unspecified atom stereocenters. The van der Waals surface area contributed by atoms with Crippen LogP contribution in [-0.2, 0) is 11.2 Å². The summed E-state index contributed by atoms with van der Waals surface area (Å²) in [5, 5.41) is 2.03. The van der Waals surface area contributed by atoms with Gasteiger partial charge in [0, 0.05) is 11.4 Å². The van der Waals surface area contributed by atoms with Crippen molar-refractivity contribution >= 4 is 40.4 Å². The molecule has 1 fully saturated rings. The number of halogens is 2. The van der Waals surface area contributed by atoms with E-state index in [9.17, 15) is 4.79 Å². The van der Waals surface area contributed by atoms with E-state index in [0.29, 0.717) is 24.5 Å². The van der Waals surface area contributed by atoms with Crippen molar-refractivity contribution in [2.45, 2.75) is 30.1 Å². The van der Waals surface area contributed by atoms with Crippen LogP contribution in [0.25, 0.3) is 0 Å². The van der Waals surface area contributed by atoms with Gasteiger partial charge in [0.1, 0.15) is 4.33 Å². The van der Waals surface area contributed by atoms with Crippen molar-refractivity contribution in [2.75, 3.05) is 20.8 Å². The third-order valence-corrected chi connectivity index (χ3v) is 7.70. The number of carbonyl (C=O) groups is 1. The van der Waals surface area contributed by atoms with Crippen molar-refractivity contribution in [3.8, 4) is 11.5 Å². The van der Waals surface area contributed by atoms with E-state index in [1.165, 1.54) is 5.56 Å². The summed E-state index contributed by atoms with van der Waals surface area (Å²) < 4.78 is 9.98. The maximum atomic E-state index is 13.4. The molecule has 4 nitrogen and oxygen atoms in total. The molecule has 0 spiro atoms. The summed E-state index contributed by atoms with van der Waals surface area (Å²) in [5.74, 6) is 1.37. The number of amides is 1. The van der Waals surface area contributed by atoms with Crippen LogP contribution in [0.15, 0.2) is 29.6 Å². The van der Waals surface area contributed by atoms with Crippen LogP contribution in [0.5, 0.6) is 11.5 Å². The number of rotatable bonds is 4. The van der Waals surface area contributed by atoms with Crippen LogP contribution in [0.2, 0.25) is 0 Å². The fraction of sp³-hybridized carbons (Fsp3) is 0.450. The standard InChI is InChI=1S/C20H21Cl2NO3S/c1-19(11-20(19,21)22)18(24)23-7-6-12-9-14(25-2)15(26-3)10-13(12)17(23)16-5-4-8-27-16/h4-5,8-10,17H,6-7,11H2,1-3H3/t17-,19-/m0/s1. The lowest BCUT2D eigenvalue weighted by Crippen LogP contribution is -2.44. The molecule has 1 saturated carbocycles. The smallest absolute Gasteiger partial charge is 0.232 e. The lowest BCUT2D eigenvalue weighted by molar-refractivity contribution is -0.138. The van der Waals surface area contributed by atoms with Gasteiger partial charge in [0.15, 0.2) is 11.5 Å². The summed E-state index contributed by atoms with van der Waals surface area (Å²) in [6.45, 7) is 2.47. The number of alkyl halides is 2. The number of thiophene rings is 1. The van der Waals surface area contributed by atoms with Crippen LogP contribution in [-0.4, -0.2) is 35.9 Å². The molecule has 7 heteroatoms. The first-order chi connectivity index (χ1) is 12.8. The fourth-order valence-electron chi connectivity index (χ4n) is 3.87. The molecule has 0 saturated heterocycles. The molecule has 2 aromatic rings. The van der Waals surface area contributed by atoms with Crippen molar-refractivity contribution in [1.29, 1.82) is 0 Å². The normalized spacial score (nSPS) is 25.7. The maximum absolute atomic E-state index is 13.4. The van der Waals surface area contributed by atoms with Gasteiger partial charge in [0.05, 0.1) is 25.7 Å². The molecule has 144 valence electrons. The largest absolute Gasteiger partial charge is 0.493 e. The van der Waals surface area contributed by atoms with E-state index >= 15 is 0 Å². The monoisotopic (exact) mass is 425 g/mol. The summed E-state index contributed by atoms with van der Waals surface area (Å²) in [5.41, 5.74) is 1.49. The first kappa shape index (κ1) is 18.9. The van der Waals surface area contributed by atoms with Crippen molar-refractivity contribution < 1.29 is 14.3 Å². The summed E-state index contributed by atoms with van der Waals surface area (Å²) >= 11 is 14.2. The minimum Gasteiger partial charge on any atom is -0.493 e. The molecule has 1 aliphatic carbocycles. The van der Waals surface area contributed by atoms with Gasteiger partial charge in [-0.25, -0.2) is 0 Å². The van der Waals surface area contributed by atoms with E-state index in [1.807, 2.05) is 35.4 Å². The number of carbonyl (C=O) groups excluding carboxylic acids is 1. The molecular formula is C20H21Cl2NO3S. The Kier molecular flexibility index (Phi) is 4.60. The number of hydrogen-bond donors (Lipinski definition) is 0. The molecular weight excluding hydrogens is 405 g/mol. The van der Waals surface area contributed by atoms with Crippen molar-refractivity contribution in [2.24, 2.45) is 5.41 Å². The van der Waals surface area contributed by atoms with E-state index < -0.39 is 9.75 Å². The second-order valence-electron chi connectivity index (χ2n) is 7.29. The summed E-state index contributed by atoms with van der Waals surface area (Å²) in [6, 6.07) is 7.89. The lowest BCUT2D eigenvalue weighted by Gasteiger charge is -2.39. The topological polar surface area (TPSA) is 38.8 Å². The molecule has 4 rings (SSSR count). The fourth-order valence-corrected chi connectivity index (χ4v) is 5.42. The average molecular weight is 426 g/mol. The lowest BCUT2D eigenvalue weighted by atomic mass is 9.89. The van der Waals surface area contributed by atoms with E-state index in [2.05, 4.69) is 6.07 Å². The van der Waals surface area contributed by atoms with E-state index in [1.54, 1.807) is 25.6 Å².